The van der Waals surface area contributed by atoms with Gasteiger partial charge in [-0.05, 0) is 50.0 Å². The van der Waals surface area contributed by atoms with Crippen LogP contribution in [0, 0.1) is 5.92 Å². The topological polar surface area (TPSA) is 96.2 Å². The van der Waals surface area contributed by atoms with Gasteiger partial charge >= 0.3 is 0 Å². The zero-order valence-electron chi connectivity index (χ0n) is 12.3. The molecule has 6 nitrogen and oxygen atoms in total. The van der Waals surface area contributed by atoms with E-state index in [0.717, 1.165) is 30.4 Å². The quantitative estimate of drug-likeness (QED) is 0.580. The van der Waals surface area contributed by atoms with E-state index >= 15 is 0 Å². The summed E-state index contributed by atoms with van der Waals surface area (Å²) in [6, 6.07) is 5.05. The Labute approximate surface area is 138 Å². The van der Waals surface area contributed by atoms with Crippen LogP contribution in [0.5, 0.6) is 0 Å². The number of nitrogens with two attached hydrogens (primary N) is 1. The van der Waals surface area contributed by atoms with Gasteiger partial charge in [-0.25, -0.2) is 0 Å². The van der Waals surface area contributed by atoms with Gasteiger partial charge in [0.2, 0.25) is 5.91 Å². The smallest absolute Gasteiger partial charge is 0.253 e. The van der Waals surface area contributed by atoms with Crippen molar-refractivity contribution in [2.45, 2.75) is 12.8 Å². The van der Waals surface area contributed by atoms with Gasteiger partial charge in [-0.15, -0.1) is 0 Å². The molecule has 0 aromatic heterocycles. The lowest BCUT2D eigenvalue weighted by molar-refractivity contribution is -0.120. The van der Waals surface area contributed by atoms with Gasteiger partial charge in [-0.3, -0.25) is 9.59 Å². The molecule has 120 valence electrons. The summed E-state index contributed by atoms with van der Waals surface area (Å²) in [5, 5.41) is 8.74. The van der Waals surface area contributed by atoms with Crippen LogP contribution in [0.2, 0.25) is 0 Å². The Morgan fingerprint density at radius 1 is 1.27 bits per heavy atom. The summed E-state index contributed by atoms with van der Waals surface area (Å²) in [6.45, 7) is 2.62. The molecular weight excluding hydrogens is 348 g/mol. The maximum Gasteiger partial charge on any atom is 0.253 e. The van der Waals surface area contributed by atoms with Crippen molar-refractivity contribution < 1.29 is 9.59 Å². The standard InChI is InChI=1S/C15H21BrN4O2/c16-11-1-2-13(17)12(7-11)15(22)20-9-14(21)19-8-10-3-5-18-6-4-10/h1-2,7,10,18H,3-6,8-9,17H2,(H,19,21)(H,20,22). The fourth-order valence-corrected chi connectivity index (χ4v) is 2.75. The molecular formula is C15H21BrN4O2. The second kappa shape index (κ2) is 8.14. The van der Waals surface area contributed by atoms with E-state index in [2.05, 4.69) is 31.9 Å². The van der Waals surface area contributed by atoms with E-state index in [0.29, 0.717) is 23.7 Å². The van der Waals surface area contributed by atoms with Crippen LogP contribution in [0.15, 0.2) is 22.7 Å². The van der Waals surface area contributed by atoms with Crippen molar-refractivity contribution in [3.05, 3.63) is 28.2 Å². The molecule has 2 amide bonds. The van der Waals surface area contributed by atoms with Crippen LogP contribution in [-0.4, -0.2) is 38.0 Å². The normalized spacial score (nSPS) is 15.3. The van der Waals surface area contributed by atoms with Crippen molar-refractivity contribution in [2.24, 2.45) is 5.92 Å². The van der Waals surface area contributed by atoms with Crippen LogP contribution in [0.4, 0.5) is 5.69 Å². The first-order chi connectivity index (χ1) is 10.6. The Hall–Kier alpha value is -1.60. The second-order valence-electron chi connectivity index (χ2n) is 5.41. The maximum absolute atomic E-state index is 12.0. The molecule has 5 N–H and O–H groups in total. The predicted molar refractivity (Wildman–Crippen MR) is 89.5 cm³/mol. The number of hydrogen-bond acceptors (Lipinski definition) is 4. The van der Waals surface area contributed by atoms with Crippen molar-refractivity contribution >= 4 is 33.4 Å². The fourth-order valence-electron chi connectivity index (χ4n) is 2.39. The Balaban J connectivity index is 1.75. The molecule has 1 fully saturated rings. The molecule has 1 aromatic rings. The largest absolute Gasteiger partial charge is 0.398 e. The van der Waals surface area contributed by atoms with Crippen molar-refractivity contribution in [3.8, 4) is 0 Å². The fraction of sp³-hybridized carbons (Fsp3) is 0.467. The lowest BCUT2D eigenvalue weighted by atomic mass is 9.98. The van der Waals surface area contributed by atoms with E-state index in [1.54, 1.807) is 18.2 Å². The molecule has 0 unspecified atom stereocenters. The Morgan fingerprint density at radius 2 is 2.00 bits per heavy atom. The zero-order valence-corrected chi connectivity index (χ0v) is 13.9. The molecule has 0 saturated carbocycles. The number of piperidine rings is 1. The third-order valence-electron chi connectivity index (χ3n) is 3.72. The third kappa shape index (κ3) is 4.99. The average Bonchev–Trinajstić information content (AvgIpc) is 2.54. The van der Waals surface area contributed by atoms with Crippen molar-refractivity contribution in [1.29, 1.82) is 0 Å². The highest BCUT2D eigenvalue weighted by atomic mass is 79.9. The third-order valence-corrected chi connectivity index (χ3v) is 4.21. The van der Waals surface area contributed by atoms with E-state index in [1.807, 2.05) is 0 Å². The number of amides is 2. The highest BCUT2D eigenvalue weighted by Gasteiger charge is 2.15. The first kappa shape index (κ1) is 16.8. The van der Waals surface area contributed by atoms with E-state index in [-0.39, 0.29) is 18.4 Å². The monoisotopic (exact) mass is 368 g/mol. The molecule has 2 rings (SSSR count). The maximum atomic E-state index is 12.0. The number of carbonyl (C=O) groups is 2. The van der Waals surface area contributed by atoms with Crippen LogP contribution in [0.3, 0.4) is 0 Å². The van der Waals surface area contributed by atoms with E-state index < -0.39 is 0 Å². The minimum atomic E-state index is -0.351. The zero-order chi connectivity index (χ0) is 15.9. The minimum absolute atomic E-state index is 0.0459. The Kier molecular flexibility index (Phi) is 6.21. The summed E-state index contributed by atoms with van der Waals surface area (Å²) in [6.07, 6.45) is 2.14. The number of hydrogen-bond donors (Lipinski definition) is 4. The summed E-state index contributed by atoms with van der Waals surface area (Å²) in [7, 11) is 0. The van der Waals surface area contributed by atoms with E-state index in [9.17, 15) is 9.59 Å². The lowest BCUT2D eigenvalue weighted by Gasteiger charge is -2.22. The number of nitrogens with one attached hydrogen (secondary N) is 3. The van der Waals surface area contributed by atoms with Crippen molar-refractivity contribution in [2.75, 3.05) is 31.9 Å². The molecule has 1 aliphatic rings. The molecule has 1 saturated heterocycles. The van der Waals surface area contributed by atoms with Gasteiger partial charge in [0, 0.05) is 16.7 Å². The molecule has 0 atom stereocenters. The molecule has 0 aliphatic carbocycles. The number of carbonyl (C=O) groups excluding carboxylic acids is 2. The lowest BCUT2D eigenvalue weighted by Crippen LogP contribution is -2.41. The molecule has 1 aromatic carbocycles. The van der Waals surface area contributed by atoms with Crippen molar-refractivity contribution in [1.82, 2.24) is 16.0 Å². The first-order valence-corrected chi connectivity index (χ1v) is 8.16. The van der Waals surface area contributed by atoms with Gasteiger partial charge < -0.3 is 21.7 Å². The molecule has 1 aliphatic heterocycles. The number of halogens is 1. The minimum Gasteiger partial charge on any atom is -0.398 e. The van der Waals surface area contributed by atoms with Crippen LogP contribution >= 0.6 is 15.9 Å². The SMILES string of the molecule is Nc1ccc(Br)cc1C(=O)NCC(=O)NCC1CCNCC1. The van der Waals surface area contributed by atoms with Gasteiger partial charge in [0.25, 0.3) is 5.91 Å². The number of rotatable bonds is 5. The molecule has 1 heterocycles. The highest BCUT2D eigenvalue weighted by molar-refractivity contribution is 9.10. The van der Waals surface area contributed by atoms with Gasteiger partial charge in [0.15, 0.2) is 0 Å². The highest BCUT2D eigenvalue weighted by Crippen LogP contribution is 2.18. The molecule has 0 spiro atoms. The molecule has 0 radical (unpaired) electrons. The van der Waals surface area contributed by atoms with Gasteiger partial charge in [-0.1, -0.05) is 15.9 Å². The second-order valence-corrected chi connectivity index (χ2v) is 6.33. The van der Waals surface area contributed by atoms with Crippen LogP contribution < -0.4 is 21.7 Å². The summed E-state index contributed by atoms with van der Waals surface area (Å²) in [4.78, 5) is 23.8. The van der Waals surface area contributed by atoms with Crippen LogP contribution in [0.25, 0.3) is 0 Å². The van der Waals surface area contributed by atoms with Crippen molar-refractivity contribution in [3.63, 3.8) is 0 Å². The predicted octanol–water partition coefficient (Wildman–Crippen LogP) is 0.877. The number of nitrogen functional groups attached to an aromatic ring is 1. The summed E-state index contributed by atoms with van der Waals surface area (Å²) in [5.74, 6) is -0.0158. The van der Waals surface area contributed by atoms with E-state index in [4.69, 9.17) is 5.73 Å². The van der Waals surface area contributed by atoms with E-state index in [1.165, 1.54) is 0 Å². The Bertz CT molecular complexity index is 544. The van der Waals surface area contributed by atoms with Gasteiger partial charge in [0.1, 0.15) is 0 Å². The Morgan fingerprint density at radius 3 is 2.73 bits per heavy atom. The average molecular weight is 369 g/mol. The van der Waals surface area contributed by atoms with Gasteiger partial charge in [0.05, 0.1) is 12.1 Å². The summed E-state index contributed by atoms with van der Waals surface area (Å²) >= 11 is 3.29. The molecule has 7 heteroatoms. The summed E-state index contributed by atoms with van der Waals surface area (Å²) in [5.41, 5.74) is 6.51. The number of benzene rings is 1. The van der Waals surface area contributed by atoms with Crippen LogP contribution in [-0.2, 0) is 4.79 Å². The molecule has 22 heavy (non-hydrogen) atoms. The van der Waals surface area contributed by atoms with Gasteiger partial charge in [-0.2, -0.15) is 0 Å². The van der Waals surface area contributed by atoms with Crippen LogP contribution in [0.1, 0.15) is 23.2 Å². The summed E-state index contributed by atoms with van der Waals surface area (Å²) < 4.78 is 0.766. The molecule has 0 bridgehead atoms. The first-order valence-electron chi connectivity index (χ1n) is 7.37. The number of anilines is 1.